The summed E-state index contributed by atoms with van der Waals surface area (Å²) in [5.41, 5.74) is 3.78. The lowest BCUT2D eigenvalue weighted by Crippen LogP contribution is -2.36. The van der Waals surface area contributed by atoms with Gasteiger partial charge in [-0.05, 0) is 43.0 Å². The fourth-order valence-electron chi connectivity index (χ4n) is 4.00. The Morgan fingerprint density at radius 1 is 1.09 bits per heavy atom. The molecule has 1 aromatic carbocycles. The van der Waals surface area contributed by atoms with Crippen LogP contribution in [0.1, 0.15) is 36.9 Å². The molecule has 1 fully saturated rings. The lowest BCUT2D eigenvalue weighted by molar-refractivity contribution is 0.291. The van der Waals surface area contributed by atoms with Crippen LogP contribution in [0.25, 0.3) is 10.9 Å². The van der Waals surface area contributed by atoms with Crippen LogP contribution < -0.4 is 5.32 Å². The van der Waals surface area contributed by atoms with E-state index in [0.717, 1.165) is 25.0 Å². The Hall–Kier alpha value is -2.36. The van der Waals surface area contributed by atoms with E-state index in [9.17, 15) is 0 Å². The van der Waals surface area contributed by atoms with Gasteiger partial charge in [0.1, 0.15) is 5.82 Å². The number of hydrogen-bond donors (Lipinski definition) is 1. The molecule has 23 heavy (non-hydrogen) atoms. The molecule has 116 valence electrons. The number of anilines is 1. The summed E-state index contributed by atoms with van der Waals surface area (Å²) >= 11 is 0. The lowest BCUT2D eigenvalue weighted by Gasteiger charge is -2.41. The molecule has 4 nitrogen and oxygen atoms in total. The predicted molar refractivity (Wildman–Crippen MR) is 91.7 cm³/mol. The number of aryl methyl sites for hydroxylation is 1. The van der Waals surface area contributed by atoms with Gasteiger partial charge in [0.05, 0.1) is 11.2 Å². The van der Waals surface area contributed by atoms with E-state index in [2.05, 4.69) is 45.3 Å². The van der Waals surface area contributed by atoms with Gasteiger partial charge in [-0.25, -0.2) is 4.68 Å². The van der Waals surface area contributed by atoms with Gasteiger partial charge in [0.25, 0.3) is 0 Å². The quantitative estimate of drug-likeness (QED) is 0.784. The van der Waals surface area contributed by atoms with E-state index in [-0.39, 0.29) is 5.41 Å². The molecule has 2 aliphatic rings. The number of aromatic nitrogens is 3. The topological polar surface area (TPSA) is 42.7 Å². The van der Waals surface area contributed by atoms with Crippen molar-refractivity contribution in [2.24, 2.45) is 0 Å². The molecule has 0 spiro atoms. The van der Waals surface area contributed by atoms with Crippen molar-refractivity contribution >= 4 is 16.7 Å². The van der Waals surface area contributed by atoms with Crippen LogP contribution in [0.5, 0.6) is 0 Å². The zero-order chi connectivity index (χ0) is 15.3. The van der Waals surface area contributed by atoms with Gasteiger partial charge < -0.3 is 5.32 Å². The first-order valence-corrected chi connectivity index (χ1v) is 8.53. The maximum absolute atomic E-state index is 4.94. The molecule has 2 aromatic heterocycles. The molecule has 0 bridgehead atoms. The highest BCUT2D eigenvalue weighted by atomic mass is 15.3. The van der Waals surface area contributed by atoms with E-state index < -0.39 is 0 Å². The molecular weight excluding hydrogens is 284 g/mol. The van der Waals surface area contributed by atoms with Gasteiger partial charge in [0.15, 0.2) is 0 Å². The molecule has 0 amide bonds. The highest BCUT2D eigenvalue weighted by Crippen LogP contribution is 2.49. The van der Waals surface area contributed by atoms with Gasteiger partial charge in [-0.15, -0.1) is 0 Å². The molecule has 0 atom stereocenters. The fraction of sp³-hybridized carbons (Fsp3) is 0.368. The zero-order valence-corrected chi connectivity index (χ0v) is 13.1. The van der Waals surface area contributed by atoms with Crippen molar-refractivity contribution in [3.8, 4) is 0 Å². The summed E-state index contributed by atoms with van der Waals surface area (Å²) in [4.78, 5) is 4.44. The molecule has 0 radical (unpaired) electrons. The Morgan fingerprint density at radius 2 is 2.04 bits per heavy atom. The van der Waals surface area contributed by atoms with Gasteiger partial charge in [0, 0.05) is 36.2 Å². The summed E-state index contributed by atoms with van der Waals surface area (Å²) in [7, 11) is 0. The maximum atomic E-state index is 4.94. The minimum absolute atomic E-state index is 0.0933. The smallest absolute Gasteiger partial charge is 0.124 e. The van der Waals surface area contributed by atoms with Crippen LogP contribution in [-0.2, 0) is 12.0 Å². The third-order valence-corrected chi connectivity index (χ3v) is 5.49. The largest absolute Gasteiger partial charge is 0.370 e. The number of benzene rings is 1. The summed E-state index contributed by atoms with van der Waals surface area (Å²) in [5.74, 6) is 1.18. The van der Waals surface area contributed by atoms with Crippen molar-refractivity contribution in [3.05, 3.63) is 53.9 Å². The summed E-state index contributed by atoms with van der Waals surface area (Å²) in [6.45, 7) is 2.08. The second kappa shape index (κ2) is 4.82. The molecule has 0 saturated heterocycles. The Kier molecular flexibility index (Phi) is 2.75. The van der Waals surface area contributed by atoms with Gasteiger partial charge >= 0.3 is 0 Å². The first-order valence-electron chi connectivity index (χ1n) is 8.53. The number of hydrogen-bond acceptors (Lipinski definition) is 3. The highest BCUT2D eigenvalue weighted by molar-refractivity contribution is 5.79. The van der Waals surface area contributed by atoms with E-state index in [1.165, 1.54) is 41.7 Å². The van der Waals surface area contributed by atoms with Crippen molar-refractivity contribution in [1.29, 1.82) is 0 Å². The summed E-state index contributed by atoms with van der Waals surface area (Å²) in [6, 6.07) is 13.1. The first-order chi connectivity index (χ1) is 11.4. The summed E-state index contributed by atoms with van der Waals surface area (Å²) < 4.78 is 2.14. The summed E-state index contributed by atoms with van der Waals surface area (Å²) in [5, 5.41) is 9.64. The molecule has 1 saturated carbocycles. The van der Waals surface area contributed by atoms with E-state index in [4.69, 9.17) is 5.10 Å². The average Bonchev–Trinajstić information content (AvgIpc) is 2.97. The van der Waals surface area contributed by atoms with Crippen molar-refractivity contribution in [2.45, 2.75) is 37.6 Å². The molecular formula is C19H20N4. The number of nitrogens with zero attached hydrogens (tertiary/aromatic N) is 3. The average molecular weight is 304 g/mol. The molecule has 1 aliphatic carbocycles. The number of rotatable bonds is 2. The van der Waals surface area contributed by atoms with Crippen molar-refractivity contribution in [1.82, 2.24) is 14.8 Å². The van der Waals surface area contributed by atoms with E-state index in [0.29, 0.717) is 0 Å². The molecule has 0 unspecified atom stereocenters. The van der Waals surface area contributed by atoms with Crippen LogP contribution in [0.4, 0.5) is 5.82 Å². The number of pyridine rings is 1. The van der Waals surface area contributed by atoms with E-state index >= 15 is 0 Å². The molecule has 4 heteroatoms. The third-order valence-electron chi connectivity index (χ3n) is 5.49. The van der Waals surface area contributed by atoms with Gasteiger partial charge in [-0.2, -0.15) is 5.10 Å². The van der Waals surface area contributed by atoms with Gasteiger partial charge in [-0.1, -0.05) is 18.6 Å². The standard InChI is InChI=1S/C19H20N4/c1-4-14-12-15(5-6-16(14)20-9-1)19(7-2-8-19)17-13-18-21-10-3-11-23(18)22-17/h1,4-6,9,12-13,21H,2-3,7-8,10-11H2. The van der Waals surface area contributed by atoms with E-state index in [1.807, 2.05) is 12.3 Å². The fourth-order valence-corrected chi connectivity index (χ4v) is 4.00. The Labute approximate surface area is 135 Å². The Balaban J connectivity index is 1.63. The molecule has 3 heterocycles. The first kappa shape index (κ1) is 13.1. The highest BCUT2D eigenvalue weighted by Gasteiger charge is 2.43. The number of fused-ring (bicyclic) bond motifs is 2. The van der Waals surface area contributed by atoms with Crippen LogP contribution >= 0.6 is 0 Å². The third kappa shape index (κ3) is 1.90. The normalized spacial score (nSPS) is 19.0. The zero-order valence-electron chi connectivity index (χ0n) is 13.1. The number of nitrogens with one attached hydrogen (secondary N) is 1. The van der Waals surface area contributed by atoms with Crippen molar-refractivity contribution in [2.75, 3.05) is 11.9 Å². The van der Waals surface area contributed by atoms with Gasteiger partial charge in [-0.3, -0.25) is 4.98 Å². The SMILES string of the molecule is c1cnc2ccc(C3(c4cc5n(n4)CCCN5)CCC3)cc2c1. The summed E-state index contributed by atoms with van der Waals surface area (Å²) in [6.07, 6.45) is 6.67. The van der Waals surface area contributed by atoms with Crippen LogP contribution in [0.15, 0.2) is 42.6 Å². The monoisotopic (exact) mass is 304 g/mol. The van der Waals surface area contributed by atoms with E-state index in [1.54, 1.807) is 0 Å². The Bertz CT molecular complexity index is 852. The maximum Gasteiger partial charge on any atom is 0.124 e. The Morgan fingerprint density at radius 3 is 2.87 bits per heavy atom. The molecule has 3 aromatic rings. The minimum atomic E-state index is 0.0933. The second-order valence-electron chi connectivity index (χ2n) is 6.76. The van der Waals surface area contributed by atoms with Crippen LogP contribution in [0.2, 0.25) is 0 Å². The molecule has 1 N–H and O–H groups in total. The lowest BCUT2D eigenvalue weighted by atomic mass is 9.62. The van der Waals surface area contributed by atoms with Gasteiger partial charge in [0.2, 0.25) is 0 Å². The molecule has 1 aliphatic heterocycles. The predicted octanol–water partition coefficient (Wildman–Crippen LogP) is 3.72. The second-order valence-corrected chi connectivity index (χ2v) is 6.76. The van der Waals surface area contributed by atoms with Crippen LogP contribution in [0, 0.1) is 0 Å². The van der Waals surface area contributed by atoms with Crippen molar-refractivity contribution in [3.63, 3.8) is 0 Å². The van der Waals surface area contributed by atoms with Crippen molar-refractivity contribution < 1.29 is 0 Å². The van der Waals surface area contributed by atoms with Crippen LogP contribution in [0.3, 0.4) is 0 Å². The van der Waals surface area contributed by atoms with Crippen LogP contribution in [-0.4, -0.2) is 21.3 Å². The minimum Gasteiger partial charge on any atom is -0.370 e. The molecule has 5 rings (SSSR count).